The molecule has 1 aliphatic carbocycles. The van der Waals surface area contributed by atoms with Crippen LogP contribution in [0.1, 0.15) is 26.2 Å². The normalized spacial score (nSPS) is 22.4. The molecular weight excluding hydrogens is 360 g/mol. The molecule has 1 aliphatic rings. The zero-order chi connectivity index (χ0) is 15.6. The zero-order valence-electron chi connectivity index (χ0n) is 11.6. The third kappa shape index (κ3) is 3.81. The van der Waals surface area contributed by atoms with Gasteiger partial charge < -0.3 is 0 Å². The molecule has 1 aromatic rings. The van der Waals surface area contributed by atoms with Gasteiger partial charge in [-0.3, -0.25) is 10.1 Å². The molecular formula is C13H17BrN2O4S. The van der Waals surface area contributed by atoms with Crippen molar-refractivity contribution in [3.05, 3.63) is 32.8 Å². The Labute approximate surface area is 132 Å². The predicted molar refractivity (Wildman–Crippen MR) is 82.5 cm³/mol. The summed E-state index contributed by atoms with van der Waals surface area (Å²) in [5.41, 5.74) is -0.412. The zero-order valence-corrected chi connectivity index (χ0v) is 14.0. The molecule has 1 aromatic carbocycles. The second-order valence-corrected chi connectivity index (χ2v) is 8.04. The fourth-order valence-electron chi connectivity index (χ4n) is 2.67. The summed E-state index contributed by atoms with van der Waals surface area (Å²) >= 11 is 3.15. The van der Waals surface area contributed by atoms with Crippen LogP contribution in [0, 0.1) is 22.0 Å². The van der Waals surface area contributed by atoms with E-state index in [0.717, 1.165) is 19.3 Å². The maximum absolute atomic E-state index is 12.3. The van der Waals surface area contributed by atoms with E-state index in [2.05, 4.69) is 27.6 Å². The summed E-state index contributed by atoms with van der Waals surface area (Å²) in [6, 6.07) is 3.91. The van der Waals surface area contributed by atoms with E-state index in [-0.39, 0.29) is 4.90 Å². The van der Waals surface area contributed by atoms with Gasteiger partial charge in [0, 0.05) is 17.1 Å². The van der Waals surface area contributed by atoms with Crippen molar-refractivity contribution in [2.45, 2.75) is 31.1 Å². The van der Waals surface area contributed by atoms with E-state index >= 15 is 0 Å². The fraction of sp³-hybridized carbons (Fsp3) is 0.538. The lowest BCUT2D eigenvalue weighted by molar-refractivity contribution is -0.387. The topological polar surface area (TPSA) is 89.3 Å². The van der Waals surface area contributed by atoms with Crippen LogP contribution in [0.2, 0.25) is 0 Å². The van der Waals surface area contributed by atoms with Crippen molar-refractivity contribution in [3.8, 4) is 0 Å². The van der Waals surface area contributed by atoms with E-state index in [4.69, 9.17) is 0 Å². The van der Waals surface area contributed by atoms with Gasteiger partial charge in [0.1, 0.15) is 0 Å². The number of benzene rings is 1. The van der Waals surface area contributed by atoms with Gasteiger partial charge >= 0.3 is 0 Å². The maximum atomic E-state index is 12.3. The van der Waals surface area contributed by atoms with E-state index in [1.54, 1.807) is 0 Å². The molecule has 0 aromatic heterocycles. The average Bonchev–Trinajstić information content (AvgIpc) is 2.81. The SMILES string of the molecule is CC1CCCC1CNS(=O)(=O)c1cc(Br)ccc1[N+](=O)[O-]. The molecule has 1 N–H and O–H groups in total. The van der Waals surface area contributed by atoms with Crippen molar-refractivity contribution in [2.24, 2.45) is 11.8 Å². The Balaban J connectivity index is 2.23. The number of nitrogens with one attached hydrogen (secondary N) is 1. The molecule has 21 heavy (non-hydrogen) atoms. The largest absolute Gasteiger partial charge is 0.289 e. The van der Waals surface area contributed by atoms with Gasteiger partial charge in [-0.05, 0) is 30.4 Å². The molecule has 1 saturated carbocycles. The first-order valence-electron chi connectivity index (χ1n) is 6.75. The van der Waals surface area contributed by atoms with Crippen LogP contribution in [-0.2, 0) is 10.0 Å². The molecule has 2 atom stereocenters. The molecule has 0 radical (unpaired) electrons. The summed E-state index contributed by atoms with van der Waals surface area (Å²) in [5.74, 6) is 0.774. The minimum Gasteiger partial charge on any atom is -0.258 e. The van der Waals surface area contributed by atoms with Gasteiger partial charge in [0.2, 0.25) is 10.0 Å². The summed E-state index contributed by atoms with van der Waals surface area (Å²) < 4.78 is 27.7. The van der Waals surface area contributed by atoms with Gasteiger partial charge in [-0.1, -0.05) is 35.7 Å². The summed E-state index contributed by atoms with van der Waals surface area (Å²) in [4.78, 5) is 10.0. The molecule has 0 spiro atoms. The monoisotopic (exact) mass is 376 g/mol. The molecule has 0 heterocycles. The van der Waals surface area contributed by atoms with Crippen LogP contribution in [0.15, 0.2) is 27.6 Å². The Bertz CT molecular complexity index is 648. The molecule has 2 rings (SSSR count). The predicted octanol–water partition coefficient (Wildman–Crippen LogP) is 3.07. The quantitative estimate of drug-likeness (QED) is 0.631. The maximum Gasteiger partial charge on any atom is 0.289 e. The summed E-state index contributed by atoms with van der Waals surface area (Å²) in [7, 11) is -3.89. The van der Waals surface area contributed by atoms with Crippen molar-refractivity contribution < 1.29 is 13.3 Å². The second kappa shape index (κ2) is 6.41. The highest BCUT2D eigenvalue weighted by Gasteiger charge is 2.29. The van der Waals surface area contributed by atoms with Gasteiger partial charge in [-0.2, -0.15) is 0 Å². The van der Waals surface area contributed by atoms with Crippen molar-refractivity contribution in [2.75, 3.05) is 6.54 Å². The number of rotatable bonds is 5. The Morgan fingerprint density at radius 1 is 1.43 bits per heavy atom. The van der Waals surface area contributed by atoms with Gasteiger partial charge in [0.25, 0.3) is 5.69 Å². The number of nitro groups is 1. The number of nitrogens with zero attached hydrogens (tertiary/aromatic N) is 1. The molecule has 0 amide bonds. The van der Waals surface area contributed by atoms with Crippen LogP contribution >= 0.6 is 15.9 Å². The van der Waals surface area contributed by atoms with Crippen LogP contribution in [-0.4, -0.2) is 19.9 Å². The van der Waals surface area contributed by atoms with Crippen LogP contribution in [0.5, 0.6) is 0 Å². The van der Waals surface area contributed by atoms with Crippen LogP contribution in [0.3, 0.4) is 0 Å². The first-order chi connectivity index (χ1) is 9.81. The Morgan fingerprint density at radius 2 is 2.14 bits per heavy atom. The minimum atomic E-state index is -3.89. The fourth-order valence-corrected chi connectivity index (χ4v) is 4.48. The lowest BCUT2D eigenvalue weighted by Gasteiger charge is -2.16. The smallest absolute Gasteiger partial charge is 0.258 e. The summed E-state index contributed by atoms with van der Waals surface area (Å²) in [5, 5.41) is 11.0. The molecule has 116 valence electrons. The number of nitro benzene ring substituents is 1. The Kier molecular flexibility index (Phi) is 5.00. The standard InChI is InChI=1S/C13H17BrN2O4S/c1-9-3-2-4-10(9)8-15-21(19,20)13-7-11(14)5-6-12(13)16(17)18/h5-7,9-10,15H,2-4,8H2,1H3. The molecule has 8 heteroatoms. The van der Waals surface area contributed by atoms with Crippen LogP contribution in [0.25, 0.3) is 0 Å². The van der Waals surface area contributed by atoms with E-state index in [0.29, 0.717) is 22.9 Å². The minimum absolute atomic E-state index is 0.297. The van der Waals surface area contributed by atoms with Crippen molar-refractivity contribution in [1.82, 2.24) is 4.72 Å². The third-order valence-corrected chi connectivity index (χ3v) is 5.93. The molecule has 0 aliphatic heterocycles. The van der Waals surface area contributed by atoms with E-state index in [9.17, 15) is 18.5 Å². The second-order valence-electron chi connectivity index (χ2n) is 5.39. The number of hydrogen-bond donors (Lipinski definition) is 1. The average molecular weight is 377 g/mol. The highest BCUT2D eigenvalue weighted by molar-refractivity contribution is 9.10. The third-order valence-electron chi connectivity index (χ3n) is 3.98. The molecule has 0 bridgehead atoms. The molecule has 0 saturated heterocycles. The number of sulfonamides is 1. The van der Waals surface area contributed by atoms with Gasteiger partial charge in [-0.15, -0.1) is 0 Å². The molecule has 6 nitrogen and oxygen atoms in total. The lowest BCUT2D eigenvalue weighted by Crippen LogP contribution is -2.30. The highest BCUT2D eigenvalue weighted by atomic mass is 79.9. The van der Waals surface area contributed by atoms with Crippen molar-refractivity contribution >= 4 is 31.6 Å². The first kappa shape index (κ1) is 16.4. The molecule has 1 fully saturated rings. The number of hydrogen-bond acceptors (Lipinski definition) is 4. The van der Waals surface area contributed by atoms with E-state index < -0.39 is 20.6 Å². The Morgan fingerprint density at radius 3 is 2.71 bits per heavy atom. The van der Waals surface area contributed by atoms with Crippen molar-refractivity contribution in [3.63, 3.8) is 0 Å². The van der Waals surface area contributed by atoms with Gasteiger partial charge in [-0.25, -0.2) is 13.1 Å². The highest BCUT2D eigenvalue weighted by Crippen LogP contribution is 2.31. The van der Waals surface area contributed by atoms with Crippen LogP contribution in [0.4, 0.5) is 5.69 Å². The number of halogens is 1. The van der Waals surface area contributed by atoms with Gasteiger partial charge in [0.15, 0.2) is 4.90 Å². The molecule has 2 unspecified atom stereocenters. The van der Waals surface area contributed by atoms with E-state index in [1.165, 1.54) is 18.2 Å². The van der Waals surface area contributed by atoms with Crippen molar-refractivity contribution in [1.29, 1.82) is 0 Å². The van der Waals surface area contributed by atoms with Gasteiger partial charge in [0.05, 0.1) is 4.92 Å². The first-order valence-corrected chi connectivity index (χ1v) is 9.02. The Hall–Kier alpha value is -0.990. The summed E-state index contributed by atoms with van der Waals surface area (Å²) in [6.07, 6.45) is 3.19. The summed E-state index contributed by atoms with van der Waals surface area (Å²) in [6.45, 7) is 2.43. The van der Waals surface area contributed by atoms with Crippen LogP contribution < -0.4 is 4.72 Å². The lowest BCUT2D eigenvalue weighted by atomic mass is 9.99. The van der Waals surface area contributed by atoms with E-state index in [1.807, 2.05) is 0 Å².